The van der Waals surface area contributed by atoms with Gasteiger partial charge in [-0.15, -0.1) is 38.1 Å². The summed E-state index contributed by atoms with van der Waals surface area (Å²) < 4.78 is 13.1. The number of hydrogen-bond acceptors (Lipinski definition) is 9. The van der Waals surface area contributed by atoms with Gasteiger partial charge in [0.1, 0.15) is 32.4 Å². The Kier molecular flexibility index (Phi) is 28.9. The van der Waals surface area contributed by atoms with Crippen molar-refractivity contribution in [3.05, 3.63) is 193 Å². The van der Waals surface area contributed by atoms with E-state index >= 15 is 0 Å². The van der Waals surface area contributed by atoms with Crippen LogP contribution in [0.5, 0.6) is 0 Å². The lowest BCUT2D eigenvalue weighted by atomic mass is 9.46. The monoisotopic (exact) mass is 1700 g/mol. The molecule has 15 aliphatic rings. The van der Waals surface area contributed by atoms with Crippen LogP contribution < -0.4 is 0 Å². The second-order valence-electron chi connectivity index (χ2n) is 47.6. The van der Waals surface area contributed by atoms with Crippen molar-refractivity contribution >= 4 is 31.1 Å². The van der Waals surface area contributed by atoms with Gasteiger partial charge in [0.25, 0.3) is 0 Å². The standard InChI is InChI=1S/C27H36FNO.C27H37NO.C21H33NO.C20H31NO.C20H30O/c1-5-25(2)16-13-23-21(17-25)9-12-24-26(3,14-6-15-27(23,24)4)19-29-30-18-20-7-10-22(28)11-8-20;1-5-25(2)17-14-23-22(18-25)12-13-24-26(3,15-9-16-27(23,24)4)20-28-29-19-21-10-7-6-8-11-21;1-6-19(2)13-10-17-16(14-19)8-9-18-20(3,15-22-23-5)11-7-12-21(17,18)4;1-5-18(2)12-9-16-15(13-18)7-8-17-19(3,14-21-22)10-6-11-20(16,17)4;1-5-18(2)12-9-16-15(13-18)7-8-17-19(3,14-21)10-6-11-20(16,17)4/h5,7-8,10-11,13,19,21,24H,1,6,9,12,14-18H2,2-4H3;5-8,10-11,14,20,22,24H,1,9,12-13,15-19H2,2-4H3;6,10,15-16,18H,1,7-9,11-14H2,2-5H3;5,9,14-15,17,22H,1,6-8,10-13H2,2-4H3;5,9,14-15,17H,1,6-8,10-13H2,2-4H3/b29-19+;28-20+;22-15+;21-14+;/t21?,24?,25-,26-,27-;22?,24?,25-,26-,27-;16?,18?,19-,20-,21-;2*15?,17?,18-,19-,20-/m00000/s1. The zero-order valence-corrected chi connectivity index (χ0v) is 81.1. The van der Waals surface area contributed by atoms with Crippen molar-refractivity contribution in [1.29, 1.82) is 0 Å². The molecule has 10 saturated carbocycles. The molecule has 1 N–H and O–H groups in total. The molecular weight excluding hydrogens is 1540 g/mol. The Labute approximate surface area is 758 Å². The van der Waals surface area contributed by atoms with Crippen LogP contribution in [0.2, 0.25) is 0 Å². The summed E-state index contributed by atoms with van der Waals surface area (Å²) in [5.74, 6) is 6.54. The highest BCUT2D eigenvalue weighted by Gasteiger charge is 2.61. The number of carbonyl (C=O) groups excluding carboxylic acids is 1. The van der Waals surface area contributed by atoms with E-state index in [0.29, 0.717) is 70.4 Å². The van der Waals surface area contributed by atoms with Crippen molar-refractivity contribution in [2.45, 2.75) is 342 Å². The lowest BCUT2D eigenvalue weighted by Gasteiger charge is -2.58. The van der Waals surface area contributed by atoms with Crippen LogP contribution in [0.3, 0.4) is 0 Å². The van der Waals surface area contributed by atoms with E-state index in [2.05, 4.69) is 249 Å². The van der Waals surface area contributed by atoms with Gasteiger partial charge in [-0.3, -0.25) is 0 Å². The van der Waals surface area contributed by atoms with E-state index in [4.69, 9.17) is 19.7 Å². The summed E-state index contributed by atoms with van der Waals surface area (Å²) in [5.41, 5.74) is 13.9. The number of rotatable bonds is 17. The lowest BCUT2D eigenvalue weighted by molar-refractivity contribution is -0.126. The Hall–Kier alpha value is -6.68. The number of halogens is 1. The van der Waals surface area contributed by atoms with E-state index in [0.717, 1.165) is 74.2 Å². The van der Waals surface area contributed by atoms with Crippen LogP contribution >= 0.6 is 0 Å². The van der Waals surface area contributed by atoms with Crippen LogP contribution in [-0.4, -0.2) is 43.5 Å². The lowest BCUT2D eigenvalue weighted by Crippen LogP contribution is -2.50. The maximum absolute atomic E-state index is 13.1. The summed E-state index contributed by atoms with van der Waals surface area (Å²) in [6, 6.07) is 16.7. The van der Waals surface area contributed by atoms with E-state index < -0.39 is 0 Å². The molecule has 0 aromatic heterocycles. The molecule has 0 saturated heterocycles. The van der Waals surface area contributed by atoms with E-state index in [9.17, 15) is 9.18 Å². The maximum atomic E-state index is 13.1. The number of nitrogens with zero attached hydrogens (tertiary/aromatic N) is 4. The first kappa shape index (κ1) is 95.9. The van der Waals surface area contributed by atoms with Crippen LogP contribution in [0, 0.1) is 146 Å². The number of fused-ring (bicyclic) bond motifs is 15. The minimum atomic E-state index is -0.225. The molecule has 10 unspecified atom stereocenters. The number of carbonyl (C=O) groups is 1. The van der Waals surface area contributed by atoms with Gasteiger partial charge in [0.2, 0.25) is 0 Å². The normalized spacial score (nSPS) is 43.8. The average molecular weight is 1700 g/mol. The van der Waals surface area contributed by atoms with Gasteiger partial charge in [0.05, 0.1) is 0 Å². The van der Waals surface area contributed by atoms with Gasteiger partial charge in [0.15, 0.2) is 0 Å². The molecule has 125 heavy (non-hydrogen) atoms. The van der Waals surface area contributed by atoms with Gasteiger partial charge in [-0.05, 0) is 329 Å². The Balaban J connectivity index is 0.000000135. The molecule has 10 heteroatoms. The SMILES string of the molecule is C=C[C@@]1(C)CC=C2C(CCC3[C@@]2(C)CCC[C@@]3(C)/C=N/O)C1.C=C[C@@]1(C)CC=C2C(CCC3[C@@]2(C)CCC[C@@]3(C)/C=N/OC)C1.C=C[C@@]1(C)CC=C2C(CCC3[C@@]2(C)CCC[C@@]3(C)/C=N/OCc2ccc(F)cc2)C1.C=C[C@@]1(C)CC=C2C(CCC3[C@@]2(C)CCC[C@@]3(C)/C=N/OCc2ccccc2)C1.C=C[C@@]1(C)CC=C2C(CCC3[C@@]2(C)CCC[C@@]3(C)C=O)C1. The molecule has 684 valence electrons. The van der Waals surface area contributed by atoms with Crippen molar-refractivity contribution < 1.29 is 28.9 Å². The highest BCUT2D eigenvalue weighted by atomic mass is 19.1. The number of benzene rings is 2. The minimum absolute atomic E-state index is 0.0484. The third-order valence-electron chi connectivity index (χ3n) is 38.5. The first-order valence-electron chi connectivity index (χ1n) is 49.8. The molecule has 0 amide bonds. The quantitative estimate of drug-likeness (QED) is 0.0557. The zero-order valence-electron chi connectivity index (χ0n) is 81.1. The smallest absolute Gasteiger partial charge is 0.142 e. The van der Waals surface area contributed by atoms with E-state index in [-0.39, 0.29) is 65.4 Å². The third-order valence-corrected chi connectivity index (χ3v) is 38.5. The van der Waals surface area contributed by atoms with Crippen LogP contribution in [-0.2, 0) is 32.5 Å². The van der Waals surface area contributed by atoms with Gasteiger partial charge in [-0.2, -0.15) is 0 Å². The van der Waals surface area contributed by atoms with Crippen LogP contribution in [0.15, 0.2) is 197 Å². The molecule has 0 spiro atoms. The Morgan fingerprint density at radius 1 is 0.352 bits per heavy atom. The van der Waals surface area contributed by atoms with Crippen LogP contribution in [0.25, 0.3) is 0 Å². The first-order chi connectivity index (χ1) is 59.3. The second-order valence-corrected chi connectivity index (χ2v) is 47.6. The van der Waals surface area contributed by atoms with Crippen LogP contribution in [0.1, 0.15) is 340 Å². The second kappa shape index (κ2) is 37.7. The fourth-order valence-electron chi connectivity index (χ4n) is 31.1. The predicted octanol–water partition coefficient (Wildman–Crippen LogP) is 31.4. The number of hydrogen-bond donors (Lipinski definition) is 1. The Morgan fingerprint density at radius 2 is 0.608 bits per heavy atom. The van der Waals surface area contributed by atoms with Gasteiger partial charge in [-0.1, -0.05) is 283 Å². The molecular formula is C115H167FN4O5. The van der Waals surface area contributed by atoms with Crippen molar-refractivity contribution in [3.8, 4) is 0 Å². The molecule has 15 aliphatic carbocycles. The molecule has 2 aromatic rings. The van der Waals surface area contributed by atoms with Gasteiger partial charge in [0, 0.05) is 51.9 Å². The number of oxime groups is 4. The predicted molar refractivity (Wildman–Crippen MR) is 521 cm³/mol. The average Bonchev–Trinajstić information content (AvgIpc) is 0.744. The molecule has 0 bridgehead atoms. The fraction of sp³-hybridized carbons (Fsp3) is 0.678. The van der Waals surface area contributed by atoms with Crippen LogP contribution in [0.4, 0.5) is 4.39 Å². The maximum Gasteiger partial charge on any atom is 0.142 e. The molecule has 10 fully saturated rings. The molecule has 0 heterocycles. The summed E-state index contributed by atoms with van der Waals surface area (Å²) in [5, 5.41) is 25.6. The third kappa shape index (κ3) is 19.3. The minimum Gasteiger partial charge on any atom is -0.411 e. The topological polar surface area (TPSA) is 114 Å². The largest absolute Gasteiger partial charge is 0.411 e. The fourth-order valence-corrected chi connectivity index (χ4v) is 31.1. The number of allylic oxidation sites excluding steroid dienone is 15. The Bertz CT molecular complexity index is 4470. The van der Waals surface area contributed by atoms with E-state index in [1.165, 1.54) is 204 Å². The summed E-state index contributed by atoms with van der Waals surface area (Å²) in [7, 11) is 1.65. The molecule has 9 nitrogen and oxygen atoms in total. The van der Waals surface area contributed by atoms with Gasteiger partial charge >= 0.3 is 0 Å². The highest BCUT2D eigenvalue weighted by Crippen LogP contribution is 2.70. The molecule has 0 aliphatic heterocycles. The molecule has 17 rings (SSSR count). The molecule has 25 atom stereocenters. The van der Waals surface area contributed by atoms with Crippen molar-refractivity contribution in [1.82, 2.24) is 0 Å². The van der Waals surface area contributed by atoms with Gasteiger partial charge < -0.3 is 24.5 Å². The summed E-state index contributed by atoms with van der Waals surface area (Å²) in [6.45, 7) is 57.4. The van der Waals surface area contributed by atoms with Crippen molar-refractivity contribution in [2.75, 3.05) is 7.11 Å². The molecule has 2 aromatic carbocycles. The highest BCUT2D eigenvalue weighted by molar-refractivity contribution is 5.68. The van der Waals surface area contributed by atoms with Gasteiger partial charge in [-0.25, -0.2) is 4.39 Å². The zero-order chi connectivity index (χ0) is 90.0. The molecule has 0 radical (unpaired) electrons. The van der Waals surface area contributed by atoms with Crippen molar-refractivity contribution in [2.24, 2.45) is 161 Å². The van der Waals surface area contributed by atoms with E-state index in [1.54, 1.807) is 47.1 Å². The summed E-state index contributed by atoms with van der Waals surface area (Å²) in [4.78, 5) is 28.1. The summed E-state index contributed by atoms with van der Waals surface area (Å²) in [6.07, 6.45) is 76.5. The first-order valence-corrected chi connectivity index (χ1v) is 49.8. The Morgan fingerprint density at radius 3 is 0.872 bits per heavy atom. The summed E-state index contributed by atoms with van der Waals surface area (Å²) >= 11 is 0. The van der Waals surface area contributed by atoms with Crippen molar-refractivity contribution in [3.63, 3.8) is 0 Å². The number of aldehydes is 1. The van der Waals surface area contributed by atoms with E-state index in [1.807, 2.05) is 24.4 Å².